The second kappa shape index (κ2) is 4.55. The molecule has 8 heteroatoms. The molecule has 0 saturated carbocycles. The Morgan fingerprint density at radius 1 is 1.17 bits per heavy atom. The Balaban J connectivity index is 2.07. The SMILES string of the molecule is Cc1cc(C(F)(F)F)c2ccc3cc(-c4nnco4)[nH]c3c2n1. The van der Waals surface area contributed by atoms with E-state index in [0.717, 1.165) is 11.5 Å². The summed E-state index contributed by atoms with van der Waals surface area (Å²) >= 11 is 0. The van der Waals surface area contributed by atoms with Crippen LogP contribution in [0.5, 0.6) is 0 Å². The number of hydrogen-bond acceptors (Lipinski definition) is 4. The highest BCUT2D eigenvalue weighted by Crippen LogP contribution is 2.37. The number of H-pyrrole nitrogens is 1. The van der Waals surface area contributed by atoms with Crippen LogP contribution < -0.4 is 0 Å². The maximum atomic E-state index is 13.3. The Hall–Kier alpha value is -2.90. The van der Waals surface area contributed by atoms with Gasteiger partial charge in [-0.05, 0) is 19.1 Å². The predicted molar refractivity (Wildman–Crippen MR) is 76.6 cm³/mol. The number of fused-ring (bicyclic) bond motifs is 3. The van der Waals surface area contributed by atoms with E-state index in [2.05, 4.69) is 20.2 Å². The molecule has 0 aliphatic heterocycles. The minimum Gasteiger partial charge on any atom is -0.422 e. The van der Waals surface area contributed by atoms with Gasteiger partial charge >= 0.3 is 6.18 Å². The highest BCUT2D eigenvalue weighted by Gasteiger charge is 2.33. The molecule has 0 aliphatic carbocycles. The van der Waals surface area contributed by atoms with E-state index in [9.17, 15) is 13.2 Å². The molecule has 3 heterocycles. The molecule has 0 fully saturated rings. The first-order valence-electron chi connectivity index (χ1n) is 6.70. The van der Waals surface area contributed by atoms with E-state index in [1.54, 1.807) is 12.1 Å². The second-order valence-electron chi connectivity index (χ2n) is 5.16. The van der Waals surface area contributed by atoms with Crippen molar-refractivity contribution in [1.82, 2.24) is 20.2 Å². The van der Waals surface area contributed by atoms with Crippen molar-refractivity contribution in [3.63, 3.8) is 0 Å². The molecule has 1 aromatic carbocycles. The van der Waals surface area contributed by atoms with Crippen LogP contribution in [0.15, 0.2) is 35.1 Å². The van der Waals surface area contributed by atoms with E-state index in [1.807, 2.05) is 0 Å². The summed E-state index contributed by atoms with van der Waals surface area (Å²) in [4.78, 5) is 7.30. The average Bonchev–Trinajstić information content (AvgIpc) is 3.14. The van der Waals surface area contributed by atoms with E-state index < -0.39 is 11.7 Å². The summed E-state index contributed by atoms with van der Waals surface area (Å²) in [6, 6.07) is 5.83. The lowest BCUT2D eigenvalue weighted by Gasteiger charge is -2.11. The normalized spacial score (nSPS) is 12.3. The minimum absolute atomic E-state index is 0.0505. The predicted octanol–water partition coefficient (Wildman–Crippen LogP) is 4.09. The number of rotatable bonds is 1. The zero-order valence-corrected chi connectivity index (χ0v) is 11.8. The molecule has 0 amide bonds. The number of alkyl halides is 3. The first-order chi connectivity index (χ1) is 10.9. The Labute approximate surface area is 127 Å². The summed E-state index contributed by atoms with van der Waals surface area (Å²) in [7, 11) is 0. The third kappa shape index (κ3) is 2.14. The summed E-state index contributed by atoms with van der Waals surface area (Å²) in [5, 5.41) is 8.15. The van der Waals surface area contributed by atoms with E-state index in [0.29, 0.717) is 16.9 Å². The summed E-state index contributed by atoms with van der Waals surface area (Å²) in [5.41, 5.74) is 0.898. The average molecular weight is 318 g/mol. The Morgan fingerprint density at radius 2 is 2.00 bits per heavy atom. The van der Waals surface area contributed by atoms with Gasteiger partial charge in [0.05, 0.1) is 16.6 Å². The number of nitrogens with one attached hydrogen (secondary N) is 1. The van der Waals surface area contributed by atoms with Gasteiger partial charge in [-0.15, -0.1) is 10.2 Å². The molecule has 1 N–H and O–H groups in total. The van der Waals surface area contributed by atoms with Crippen LogP contribution in [0.25, 0.3) is 33.4 Å². The molecule has 0 bridgehead atoms. The minimum atomic E-state index is -4.44. The molecular weight excluding hydrogens is 309 g/mol. The van der Waals surface area contributed by atoms with Crippen molar-refractivity contribution in [3.8, 4) is 11.6 Å². The van der Waals surface area contributed by atoms with Crippen LogP contribution in [0.2, 0.25) is 0 Å². The van der Waals surface area contributed by atoms with Crippen molar-refractivity contribution in [2.24, 2.45) is 0 Å². The van der Waals surface area contributed by atoms with Crippen molar-refractivity contribution >= 4 is 21.8 Å². The van der Waals surface area contributed by atoms with Crippen molar-refractivity contribution in [2.75, 3.05) is 0 Å². The number of halogens is 3. The van der Waals surface area contributed by atoms with E-state index >= 15 is 0 Å². The van der Waals surface area contributed by atoms with Crippen LogP contribution in [0, 0.1) is 6.92 Å². The van der Waals surface area contributed by atoms with Crippen molar-refractivity contribution in [1.29, 1.82) is 0 Å². The second-order valence-corrected chi connectivity index (χ2v) is 5.16. The molecule has 23 heavy (non-hydrogen) atoms. The van der Waals surface area contributed by atoms with Crippen LogP contribution >= 0.6 is 0 Å². The number of nitrogens with zero attached hydrogens (tertiary/aromatic N) is 3. The van der Waals surface area contributed by atoms with Gasteiger partial charge < -0.3 is 9.40 Å². The lowest BCUT2D eigenvalue weighted by molar-refractivity contribution is -0.136. The number of pyridine rings is 1. The van der Waals surface area contributed by atoms with Crippen LogP contribution in [0.1, 0.15) is 11.3 Å². The number of aromatic nitrogens is 4. The third-order valence-corrected chi connectivity index (χ3v) is 3.60. The number of aryl methyl sites for hydroxylation is 1. The van der Waals surface area contributed by atoms with Gasteiger partial charge in [0.2, 0.25) is 6.39 Å². The Kier molecular flexibility index (Phi) is 2.72. The fourth-order valence-corrected chi connectivity index (χ4v) is 2.65. The summed E-state index contributed by atoms with van der Waals surface area (Å²) in [6.07, 6.45) is -3.26. The van der Waals surface area contributed by atoms with Gasteiger partial charge in [0.1, 0.15) is 5.69 Å². The van der Waals surface area contributed by atoms with Crippen LogP contribution in [-0.4, -0.2) is 20.2 Å². The topological polar surface area (TPSA) is 67.6 Å². The lowest BCUT2D eigenvalue weighted by atomic mass is 10.1. The standard InChI is InChI=1S/C15H9F3N4O/c1-7-4-10(15(16,17)18)9-3-2-8-5-11(14-22-19-6-23-14)21-12(8)13(9)20-7/h2-6,21H,1H3. The van der Waals surface area contributed by atoms with E-state index in [-0.39, 0.29) is 16.8 Å². The quantitative estimate of drug-likeness (QED) is 0.574. The third-order valence-electron chi connectivity index (χ3n) is 3.60. The largest absolute Gasteiger partial charge is 0.422 e. The van der Waals surface area contributed by atoms with Crippen molar-refractivity contribution in [2.45, 2.75) is 13.1 Å². The van der Waals surface area contributed by atoms with Gasteiger partial charge in [-0.1, -0.05) is 12.1 Å². The van der Waals surface area contributed by atoms with Gasteiger partial charge in [0.15, 0.2) is 0 Å². The molecule has 0 atom stereocenters. The zero-order valence-electron chi connectivity index (χ0n) is 11.8. The maximum absolute atomic E-state index is 13.3. The number of aromatic amines is 1. The Bertz CT molecular complexity index is 1020. The monoisotopic (exact) mass is 318 g/mol. The number of hydrogen-bond donors (Lipinski definition) is 1. The van der Waals surface area contributed by atoms with Gasteiger partial charge in [-0.2, -0.15) is 13.2 Å². The molecule has 0 radical (unpaired) electrons. The fourth-order valence-electron chi connectivity index (χ4n) is 2.65. The lowest BCUT2D eigenvalue weighted by Crippen LogP contribution is -2.07. The first-order valence-corrected chi connectivity index (χ1v) is 6.70. The highest BCUT2D eigenvalue weighted by atomic mass is 19.4. The maximum Gasteiger partial charge on any atom is 0.417 e. The van der Waals surface area contributed by atoms with Crippen LogP contribution in [0.4, 0.5) is 13.2 Å². The zero-order chi connectivity index (χ0) is 16.2. The molecule has 0 spiro atoms. The number of benzene rings is 1. The molecule has 5 nitrogen and oxygen atoms in total. The molecule has 116 valence electrons. The molecule has 0 saturated heterocycles. The molecule has 0 unspecified atom stereocenters. The molecule has 4 rings (SSSR count). The van der Waals surface area contributed by atoms with E-state index in [4.69, 9.17) is 4.42 Å². The Morgan fingerprint density at radius 3 is 2.70 bits per heavy atom. The fraction of sp³-hybridized carbons (Fsp3) is 0.133. The molecule has 3 aromatic heterocycles. The van der Waals surface area contributed by atoms with Crippen molar-refractivity contribution < 1.29 is 17.6 Å². The van der Waals surface area contributed by atoms with Crippen LogP contribution in [0.3, 0.4) is 0 Å². The summed E-state index contributed by atoms with van der Waals surface area (Å²) < 4.78 is 44.9. The molecule has 0 aliphatic rings. The summed E-state index contributed by atoms with van der Waals surface area (Å²) in [5.74, 6) is 0.262. The smallest absolute Gasteiger partial charge is 0.417 e. The van der Waals surface area contributed by atoms with Crippen molar-refractivity contribution in [3.05, 3.63) is 41.9 Å². The van der Waals surface area contributed by atoms with E-state index in [1.165, 1.54) is 19.4 Å². The summed E-state index contributed by atoms with van der Waals surface area (Å²) in [6.45, 7) is 1.54. The van der Waals surface area contributed by atoms with Crippen LogP contribution in [-0.2, 0) is 6.18 Å². The molecule has 4 aromatic rings. The highest BCUT2D eigenvalue weighted by molar-refractivity contribution is 6.05. The van der Waals surface area contributed by atoms with Gasteiger partial charge in [0, 0.05) is 16.5 Å². The first kappa shape index (κ1) is 13.7. The van der Waals surface area contributed by atoms with Gasteiger partial charge in [0.25, 0.3) is 5.89 Å². The molecular formula is C15H9F3N4O. The van der Waals surface area contributed by atoms with Gasteiger partial charge in [-0.3, -0.25) is 4.98 Å². The van der Waals surface area contributed by atoms with Gasteiger partial charge in [-0.25, -0.2) is 0 Å².